The molecule has 1 heteroatoms. The number of rotatable bonds is 1. The van der Waals surface area contributed by atoms with Crippen LogP contribution in [0, 0.1) is 17.8 Å². The molecule has 0 radical (unpaired) electrons. The van der Waals surface area contributed by atoms with E-state index in [0.29, 0.717) is 12.0 Å². The monoisotopic (exact) mass is 195 g/mol. The van der Waals surface area contributed by atoms with Gasteiger partial charge in [-0.05, 0) is 19.4 Å². The Balaban J connectivity index is 0.000000791. The van der Waals surface area contributed by atoms with E-state index in [2.05, 4.69) is 31.0 Å². The van der Waals surface area contributed by atoms with E-state index < -0.39 is 0 Å². The van der Waals surface area contributed by atoms with Crippen LogP contribution in [-0.4, -0.2) is 12.6 Å². The minimum Gasteiger partial charge on any atom is -0.313 e. The van der Waals surface area contributed by atoms with Crippen molar-refractivity contribution in [2.45, 2.75) is 59.4 Å². The minimum atomic E-state index is 0.522. The quantitative estimate of drug-likeness (QED) is 0.634. The van der Waals surface area contributed by atoms with Crippen molar-refractivity contribution < 1.29 is 0 Å². The van der Waals surface area contributed by atoms with E-state index in [-0.39, 0.29) is 0 Å². The Kier molecular flexibility index (Phi) is 8.78. The molecule has 0 aromatic heterocycles. The lowest BCUT2D eigenvalue weighted by Gasteiger charge is -2.21. The highest BCUT2D eigenvalue weighted by molar-refractivity contribution is 5.03. The molecule has 1 aliphatic rings. The summed E-state index contributed by atoms with van der Waals surface area (Å²) in [5, 5.41) is 3.49. The van der Waals surface area contributed by atoms with E-state index in [4.69, 9.17) is 0 Å². The maximum Gasteiger partial charge on any atom is 0.0243 e. The molecule has 0 amide bonds. The molecule has 82 valence electrons. The second-order valence-electron chi connectivity index (χ2n) is 3.83. The van der Waals surface area contributed by atoms with Gasteiger partial charge in [0.1, 0.15) is 0 Å². The van der Waals surface area contributed by atoms with Gasteiger partial charge in [0.05, 0.1) is 0 Å². The summed E-state index contributed by atoms with van der Waals surface area (Å²) >= 11 is 0. The van der Waals surface area contributed by atoms with Crippen LogP contribution in [0.15, 0.2) is 0 Å². The van der Waals surface area contributed by atoms with Crippen molar-refractivity contribution >= 4 is 0 Å². The molecule has 0 saturated carbocycles. The lowest BCUT2D eigenvalue weighted by molar-refractivity contribution is 0.407. The Labute approximate surface area is 89.7 Å². The average Bonchev–Trinajstić information content (AvgIpc) is 2.22. The summed E-state index contributed by atoms with van der Waals surface area (Å²) in [7, 11) is 0. The topological polar surface area (TPSA) is 12.0 Å². The van der Waals surface area contributed by atoms with Crippen molar-refractivity contribution in [3.05, 3.63) is 0 Å². The first-order chi connectivity index (χ1) is 6.79. The van der Waals surface area contributed by atoms with E-state index in [1.54, 1.807) is 0 Å². The lowest BCUT2D eigenvalue weighted by atomic mass is 10.0. The van der Waals surface area contributed by atoms with Crippen LogP contribution in [0.4, 0.5) is 0 Å². The number of piperidine rings is 1. The van der Waals surface area contributed by atoms with Gasteiger partial charge in [0.15, 0.2) is 0 Å². The lowest BCUT2D eigenvalue weighted by Crippen LogP contribution is -2.33. The molecule has 1 rings (SSSR count). The molecule has 0 bridgehead atoms. The summed E-state index contributed by atoms with van der Waals surface area (Å²) in [6.45, 7) is 9.47. The third-order valence-corrected chi connectivity index (χ3v) is 2.15. The second-order valence-corrected chi connectivity index (χ2v) is 3.83. The third-order valence-electron chi connectivity index (χ3n) is 2.15. The van der Waals surface area contributed by atoms with Crippen molar-refractivity contribution in [2.75, 3.05) is 6.54 Å². The van der Waals surface area contributed by atoms with E-state index in [9.17, 15) is 0 Å². The highest BCUT2D eigenvalue weighted by atomic mass is 14.9. The van der Waals surface area contributed by atoms with E-state index in [1.165, 1.54) is 25.8 Å². The van der Waals surface area contributed by atoms with Crippen LogP contribution in [0.5, 0.6) is 0 Å². The molecule has 0 aliphatic carbocycles. The first-order valence-corrected chi connectivity index (χ1v) is 6.01. The molecule has 14 heavy (non-hydrogen) atoms. The van der Waals surface area contributed by atoms with Gasteiger partial charge in [-0.3, -0.25) is 0 Å². The van der Waals surface area contributed by atoms with Gasteiger partial charge in [-0.15, -0.1) is 11.8 Å². The first kappa shape index (κ1) is 13.5. The van der Waals surface area contributed by atoms with Gasteiger partial charge in [-0.2, -0.15) is 0 Å². The normalized spacial score (nSPS) is 20.5. The van der Waals surface area contributed by atoms with E-state index >= 15 is 0 Å². The second kappa shape index (κ2) is 9.09. The highest BCUT2D eigenvalue weighted by Gasteiger charge is 2.09. The van der Waals surface area contributed by atoms with Crippen molar-refractivity contribution in [1.29, 1.82) is 0 Å². The fraction of sp³-hybridized carbons (Fsp3) is 0.846. The molecule has 1 saturated heterocycles. The molecular formula is C13H25N. The van der Waals surface area contributed by atoms with Crippen LogP contribution in [0.1, 0.15) is 53.4 Å². The maximum atomic E-state index is 3.49. The summed E-state index contributed by atoms with van der Waals surface area (Å²) in [6.07, 6.45) is 5.07. The van der Waals surface area contributed by atoms with Crippen LogP contribution in [0.25, 0.3) is 0 Å². The molecule has 1 atom stereocenters. The molecular weight excluding hydrogens is 170 g/mol. The van der Waals surface area contributed by atoms with Crippen molar-refractivity contribution in [1.82, 2.24) is 5.32 Å². The molecule has 0 spiro atoms. The predicted octanol–water partition coefficient (Wildman–Crippen LogP) is 3.20. The molecule has 0 aromatic rings. The third kappa shape index (κ3) is 6.97. The number of nitrogens with one attached hydrogen (secondary N) is 1. The van der Waals surface area contributed by atoms with E-state index in [0.717, 1.165) is 6.42 Å². The molecule has 1 aliphatic heterocycles. The van der Waals surface area contributed by atoms with Crippen LogP contribution >= 0.6 is 0 Å². The van der Waals surface area contributed by atoms with Crippen LogP contribution in [0.2, 0.25) is 0 Å². The van der Waals surface area contributed by atoms with Crippen molar-refractivity contribution in [2.24, 2.45) is 5.92 Å². The smallest absolute Gasteiger partial charge is 0.0243 e. The predicted molar refractivity (Wildman–Crippen MR) is 64.2 cm³/mol. The first-order valence-electron chi connectivity index (χ1n) is 6.01. The fourth-order valence-corrected chi connectivity index (χ4v) is 1.48. The van der Waals surface area contributed by atoms with Gasteiger partial charge < -0.3 is 5.32 Å². The van der Waals surface area contributed by atoms with Gasteiger partial charge in [-0.25, -0.2) is 0 Å². The summed E-state index contributed by atoms with van der Waals surface area (Å²) in [5.41, 5.74) is 0. The Morgan fingerprint density at radius 3 is 2.50 bits per heavy atom. The fourth-order valence-electron chi connectivity index (χ4n) is 1.48. The van der Waals surface area contributed by atoms with Crippen molar-refractivity contribution in [3.63, 3.8) is 0 Å². The van der Waals surface area contributed by atoms with E-state index in [1.807, 2.05) is 13.8 Å². The van der Waals surface area contributed by atoms with Gasteiger partial charge in [0, 0.05) is 18.4 Å². The standard InChI is InChI=1S/C11H19N.C2H6/c1-10(2)6-5-8-11-7-3-4-9-12-11;1-2/h10-12H,3-4,7-9H2,1-2H3;1-2H3. The zero-order chi connectivity index (χ0) is 10.8. The molecule has 1 unspecified atom stereocenters. The summed E-state index contributed by atoms with van der Waals surface area (Å²) in [4.78, 5) is 0. The summed E-state index contributed by atoms with van der Waals surface area (Å²) in [5.74, 6) is 6.97. The van der Waals surface area contributed by atoms with Gasteiger partial charge >= 0.3 is 0 Å². The minimum absolute atomic E-state index is 0.522. The average molecular weight is 195 g/mol. The number of hydrogen-bond acceptors (Lipinski definition) is 1. The largest absolute Gasteiger partial charge is 0.313 e. The Morgan fingerprint density at radius 1 is 1.29 bits per heavy atom. The van der Waals surface area contributed by atoms with Crippen LogP contribution in [0.3, 0.4) is 0 Å². The summed E-state index contributed by atoms with van der Waals surface area (Å²) in [6, 6.07) is 0.671. The highest BCUT2D eigenvalue weighted by Crippen LogP contribution is 2.09. The van der Waals surface area contributed by atoms with Crippen molar-refractivity contribution in [3.8, 4) is 11.8 Å². The van der Waals surface area contributed by atoms with Gasteiger partial charge in [0.2, 0.25) is 0 Å². The molecule has 0 aromatic carbocycles. The zero-order valence-electron chi connectivity index (χ0n) is 10.2. The summed E-state index contributed by atoms with van der Waals surface area (Å²) < 4.78 is 0. The molecule has 1 nitrogen and oxygen atoms in total. The molecule has 1 fully saturated rings. The van der Waals surface area contributed by atoms with Crippen LogP contribution in [-0.2, 0) is 0 Å². The Morgan fingerprint density at radius 2 is 2.00 bits per heavy atom. The Hall–Kier alpha value is -0.480. The van der Waals surface area contributed by atoms with Gasteiger partial charge in [-0.1, -0.05) is 34.1 Å². The Bertz CT molecular complexity index is 167. The molecule has 1 heterocycles. The zero-order valence-corrected chi connectivity index (χ0v) is 10.2. The van der Waals surface area contributed by atoms with Crippen LogP contribution < -0.4 is 5.32 Å². The maximum absolute atomic E-state index is 3.49. The SMILES string of the molecule is CC.CC(C)C#CCC1CCCCN1. The number of hydrogen-bond donors (Lipinski definition) is 1. The molecule has 1 N–H and O–H groups in total. The van der Waals surface area contributed by atoms with Gasteiger partial charge in [0.25, 0.3) is 0 Å².